The van der Waals surface area contributed by atoms with Crippen LogP contribution in [0.15, 0.2) is 18.2 Å². The van der Waals surface area contributed by atoms with E-state index < -0.39 is 16.1 Å². The van der Waals surface area contributed by atoms with E-state index in [0.29, 0.717) is 11.4 Å². The molecular formula is C18H29ClN2O4S. The molecule has 148 valence electrons. The molecule has 1 atom stereocenters. The van der Waals surface area contributed by atoms with Gasteiger partial charge in [-0.1, -0.05) is 39.3 Å². The Morgan fingerprint density at radius 2 is 1.69 bits per heavy atom. The standard InChI is InChI=1S/C18H29ClN2O4S/c1-11(2)17(12(3)4)20-18(22)13(5)21(26(7,23)24)14-8-9-16(25-6)15(19)10-14/h8-13,17H,1-7H3,(H,20,22)/t13-/m1/s1. The quantitative estimate of drug-likeness (QED) is 0.721. The van der Waals surface area contributed by atoms with Crippen molar-refractivity contribution in [3.8, 4) is 5.75 Å². The number of ether oxygens (including phenoxy) is 1. The van der Waals surface area contributed by atoms with Gasteiger partial charge in [-0.25, -0.2) is 8.42 Å². The lowest BCUT2D eigenvalue weighted by Crippen LogP contribution is -2.52. The lowest BCUT2D eigenvalue weighted by molar-refractivity contribution is -0.123. The minimum absolute atomic E-state index is 0.0502. The highest BCUT2D eigenvalue weighted by Gasteiger charge is 2.31. The number of nitrogens with zero attached hydrogens (tertiary/aromatic N) is 1. The fraction of sp³-hybridized carbons (Fsp3) is 0.611. The smallest absolute Gasteiger partial charge is 0.243 e. The van der Waals surface area contributed by atoms with Crippen LogP contribution in [0.2, 0.25) is 5.02 Å². The molecule has 0 heterocycles. The van der Waals surface area contributed by atoms with Gasteiger partial charge in [0.15, 0.2) is 0 Å². The molecular weight excluding hydrogens is 376 g/mol. The number of rotatable bonds is 8. The molecule has 0 saturated carbocycles. The number of anilines is 1. The number of methoxy groups -OCH3 is 1. The highest BCUT2D eigenvalue weighted by atomic mass is 35.5. The number of halogens is 1. The molecule has 0 radical (unpaired) electrons. The third kappa shape index (κ3) is 5.51. The van der Waals surface area contributed by atoms with Gasteiger partial charge in [-0.05, 0) is 37.0 Å². The average Bonchev–Trinajstić information content (AvgIpc) is 2.50. The second kappa shape index (κ2) is 8.95. The minimum Gasteiger partial charge on any atom is -0.495 e. The van der Waals surface area contributed by atoms with E-state index in [9.17, 15) is 13.2 Å². The summed E-state index contributed by atoms with van der Waals surface area (Å²) >= 11 is 6.13. The van der Waals surface area contributed by atoms with Crippen LogP contribution in [0, 0.1) is 11.8 Å². The molecule has 8 heteroatoms. The molecule has 6 nitrogen and oxygen atoms in total. The van der Waals surface area contributed by atoms with Gasteiger partial charge < -0.3 is 10.1 Å². The molecule has 0 aromatic heterocycles. The van der Waals surface area contributed by atoms with Gasteiger partial charge >= 0.3 is 0 Å². The predicted octanol–water partition coefficient (Wildman–Crippen LogP) is 3.30. The summed E-state index contributed by atoms with van der Waals surface area (Å²) in [6.45, 7) is 9.65. The Labute approximate surface area is 161 Å². The first-order valence-corrected chi connectivity index (χ1v) is 10.8. The number of sulfonamides is 1. The van der Waals surface area contributed by atoms with Gasteiger partial charge in [0.25, 0.3) is 0 Å². The Kier molecular flexibility index (Phi) is 7.77. The van der Waals surface area contributed by atoms with Crippen LogP contribution in [0.5, 0.6) is 5.75 Å². The van der Waals surface area contributed by atoms with Crippen LogP contribution < -0.4 is 14.4 Å². The van der Waals surface area contributed by atoms with E-state index in [1.807, 2.05) is 27.7 Å². The Bertz CT molecular complexity index is 727. The molecule has 0 unspecified atom stereocenters. The molecule has 0 bridgehead atoms. The van der Waals surface area contributed by atoms with Crippen LogP contribution in [0.3, 0.4) is 0 Å². The van der Waals surface area contributed by atoms with Crippen molar-refractivity contribution >= 4 is 33.2 Å². The number of hydrogen-bond acceptors (Lipinski definition) is 4. The molecule has 0 aliphatic carbocycles. The maximum atomic E-state index is 12.8. The largest absolute Gasteiger partial charge is 0.495 e. The Morgan fingerprint density at radius 1 is 1.15 bits per heavy atom. The zero-order valence-electron chi connectivity index (χ0n) is 16.4. The van der Waals surface area contributed by atoms with Gasteiger partial charge in [0.2, 0.25) is 15.9 Å². The van der Waals surface area contributed by atoms with Crippen molar-refractivity contribution < 1.29 is 17.9 Å². The van der Waals surface area contributed by atoms with Gasteiger partial charge in [0.1, 0.15) is 11.8 Å². The van der Waals surface area contributed by atoms with Crippen LogP contribution >= 0.6 is 11.6 Å². The molecule has 1 amide bonds. The molecule has 1 N–H and O–H groups in total. The van der Waals surface area contributed by atoms with E-state index in [2.05, 4.69) is 5.32 Å². The van der Waals surface area contributed by atoms with Crippen molar-refractivity contribution in [2.45, 2.75) is 46.7 Å². The number of benzene rings is 1. The zero-order chi connectivity index (χ0) is 20.2. The van der Waals surface area contributed by atoms with Gasteiger partial charge in [-0.3, -0.25) is 9.10 Å². The third-order valence-electron chi connectivity index (χ3n) is 4.22. The second-order valence-corrected chi connectivity index (χ2v) is 9.34. The van der Waals surface area contributed by atoms with E-state index >= 15 is 0 Å². The fourth-order valence-electron chi connectivity index (χ4n) is 2.99. The summed E-state index contributed by atoms with van der Waals surface area (Å²) in [5.41, 5.74) is 0.312. The van der Waals surface area contributed by atoms with Crippen molar-refractivity contribution in [3.63, 3.8) is 0 Å². The van der Waals surface area contributed by atoms with E-state index in [4.69, 9.17) is 16.3 Å². The summed E-state index contributed by atoms with van der Waals surface area (Å²) < 4.78 is 30.9. The SMILES string of the molecule is COc1ccc(N([C@H](C)C(=O)NC(C(C)C)C(C)C)S(C)(=O)=O)cc1Cl. The van der Waals surface area contributed by atoms with Gasteiger partial charge in [-0.2, -0.15) is 0 Å². The van der Waals surface area contributed by atoms with Crippen molar-refractivity contribution in [2.24, 2.45) is 11.8 Å². The third-order valence-corrected chi connectivity index (χ3v) is 5.76. The first-order valence-electron chi connectivity index (χ1n) is 8.53. The summed E-state index contributed by atoms with van der Waals surface area (Å²) in [6, 6.07) is 3.65. The number of carbonyl (C=O) groups excluding carboxylic acids is 1. The normalized spacial score (nSPS) is 13.2. The van der Waals surface area contributed by atoms with Crippen LogP contribution in [-0.2, 0) is 14.8 Å². The number of amides is 1. The topological polar surface area (TPSA) is 75.7 Å². The molecule has 0 fully saturated rings. The van der Waals surface area contributed by atoms with Crippen molar-refractivity contribution in [1.29, 1.82) is 0 Å². The predicted molar refractivity (Wildman–Crippen MR) is 106 cm³/mol. The van der Waals surface area contributed by atoms with Crippen LogP contribution in [0.4, 0.5) is 5.69 Å². The monoisotopic (exact) mass is 404 g/mol. The first kappa shape index (κ1) is 22.6. The highest BCUT2D eigenvalue weighted by Crippen LogP contribution is 2.31. The van der Waals surface area contributed by atoms with E-state index in [1.54, 1.807) is 19.1 Å². The van der Waals surface area contributed by atoms with Crippen molar-refractivity contribution in [1.82, 2.24) is 5.32 Å². The summed E-state index contributed by atoms with van der Waals surface area (Å²) in [7, 11) is -2.23. The summed E-state index contributed by atoms with van der Waals surface area (Å²) in [4.78, 5) is 12.8. The van der Waals surface area contributed by atoms with Crippen LogP contribution in [0.25, 0.3) is 0 Å². The Morgan fingerprint density at radius 3 is 2.08 bits per heavy atom. The molecule has 1 aromatic carbocycles. The fourth-order valence-corrected chi connectivity index (χ4v) is 4.41. The van der Waals surface area contributed by atoms with Crippen LogP contribution in [0.1, 0.15) is 34.6 Å². The van der Waals surface area contributed by atoms with Gasteiger partial charge in [-0.15, -0.1) is 0 Å². The molecule has 1 rings (SSSR count). The number of hydrogen-bond donors (Lipinski definition) is 1. The zero-order valence-corrected chi connectivity index (χ0v) is 18.0. The minimum atomic E-state index is -3.70. The highest BCUT2D eigenvalue weighted by molar-refractivity contribution is 7.92. The van der Waals surface area contributed by atoms with Gasteiger partial charge in [0.05, 0.1) is 24.1 Å². The van der Waals surface area contributed by atoms with E-state index in [0.717, 1.165) is 10.6 Å². The molecule has 26 heavy (non-hydrogen) atoms. The lowest BCUT2D eigenvalue weighted by Gasteiger charge is -2.32. The van der Waals surface area contributed by atoms with Gasteiger partial charge in [0, 0.05) is 6.04 Å². The second-order valence-electron chi connectivity index (χ2n) is 7.08. The maximum Gasteiger partial charge on any atom is 0.243 e. The molecule has 0 spiro atoms. The summed E-state index contributed by atoms with van der Waals surface area (Å²) in [5, 5.41) is 3.24. The molecule has 0 aliphatic rings. The molecule has 1 aromatic rings. The van der Waals surface area contributed by atoms with Crippen LogP contribution in [-0.4, -0.2) is 39.8 Å². The van der Waals surface area contributed by atoms with E-state index in [-0.39, 0.29) is 28.8 Å². The van der Waals surface area contributed by atoms with Crippen molar-refractivity contribution in [3.05, 3.63) is 23.2 Å². The number of carbonyl (C=O) groups is 1. The maximum absolute atomic E-state index is 12.8. The lowest BCUT2D eigenvalue weighted by atomic mass is 9.93. The summed E-state index contributed by atoms with van der Waals surface area (Å²) in [5.74, 6) is 0.539. The molecule has 0 saturated heterocycles. The summed E-state index contributed by atoms with van der Waals surface area (Å²) in [6.07, 6.45) is 1.07. The van der Waals surface area contributed by atoms with Crippen molar-refractivity contribution in [2.75, 3.05) is 17.7 Å². The Balaban J connectivity index is 3.21. The average molecular weight is 405 g/mol. The number of nitrogens with one attached hydrogen (secondary N) is 1. The Hall–Kier alpha value is -1.47. The molecule has 0 aliphatic heterocycles. The first-order chi connectivity index (χ1) is 11.9. The van der Waals surface area contributed by atoms with E-state index in [1.165, 1.54) is 13.2 Å².